The topological polar surface area (TPSA) is 76.9 Å². The Labute approximate surface area is 180 Å². The van der Waals surface area contributed by atoms with Crippen LogP contribution in [0.4, 0.5) is 10.1 Å². The van der Waals surface area contributed by atoms with Crippen molar-refractivity contribution in [2.45, 2.75) is 20.4 Å². The summed E-state index contributed by atoms with van der Waals surface area (Å²) < 4.78 is 15.0. The smallest absolute Gasteiger partial charge is 0.294 e. The van der Waals surface area contributed by atoms with Crippen molar-refractivity contribution in [3.63, 3.8) is 0 Å². The van der Waals surface area contributed by atoms with E-state index in [1.165, 1.54) is 23.5 Å². The first-order valence-corrected chi connectivity index (χ1v) is 10.2. The molecule has 4 aromatic rings. The number of thiazole rings is 1. The molecule has 0 bridgehead atoms. The van der Waals surface area contributed by atoms with Crippen LogP contribution >= 0.6 is 22.9 Å². The summed E-state index contributed by atoms with van der Waals surface area (Å²) in [6.07, 6.45) is 0. The number of amides is 1. The predicted octanol–water partition coefficient (Wildman–Crippen LogP) is 4.57. The third kappa shape index (κ3) is 3.96. The molecule has 0 unspecified atom stereocenters. The third-order valence-electron chi connectivity index (χ3n) is 4.47. The van der Waals surface area contributed by atoms with Gasteiger partial charge in [-0.15, -0.1) is 11.3 Å². The predicted molar refractivity (Wildman–Crippen MR) is 117 cm³/mol. The number of aryl methyl sites for hydroxylation is 2. The fourth-order valence-corrected chi connectivity index (χ4v) is 4.08. The molecule has 2 aromatic carbocycles. The van der Waals surface area contributed by atoms with Crippen LogP contribution in [0.25, 0.3) is 21.5 Å². The number of hydrogen-bond acceptors (Lipinski definition) is 5. The average molecular weight is 443 g/mol. The van der Waals surface area contributed by atoms with Crippen LogP contribution in [0.5, 0.6) is 0 Å². The molecule has 4 rings (SSSR count). The molecule has 0 aliphatic heterocycles. The number of anilines is 1. The number of carbonyl (C=O) groups excluding carboxylic acids is 1. The number of fused-ring (bicyclic) bond motifs is 1. The number of hydrogen-bond donors (Lipinski definition) is 1. The Kier molecular flexibility index (Phi) is 5.36. The Morgan fingerprint density at radius 2 is 1.93 bits per heavy atom. The van der Waals surface area contributed by atoms with Gasteiger partial charge in [-0.3, -0.25) is 9.59 Å². The van der Waals surface area contributed by atoms with E-state index in [0.29, 0.717) is 31.7 Å². The van der Waals surface area contributed by atoms with E-state index in [1.807, 2.05) is 6.92 Å². The first kappa shape index (κ1) is 20.2. The first-order valence-electron chi connectivity index (χ1n) is 9.02. The Hall–Kier alpha value is -3.10. The van der Waals surface area contributed by atoms with E-state index in [9.17, 15) is 14.0 Å². The molecule has 0 atom stereocenters. The average Bonchev–Trinajstić information content (AvgIpc) is 3.10. The van der Waals surface area contributed by atoms with Gasteiger partial charge >= 0.3 is 0 Å². The van der Waals surface area contributed by atoms with Gasteiger partial charge in [-0.1, -0.05) is 17.7 Å². The zero-order chi connectivity index (χ0) is 21.4. The fourth-order valence-electron chi connectivity index (χ4n) is 2.98. The van der Waals surface area contributed by atoms with Gasteiger partial charge in [-0.2, -0.15) is 5.10 Å². The van der Waals surface area contributed by atoms with Gasteiger partial charge in [0.15, 0.2) is 5.52 Å². The molecule has 0 saturated carbocycles. The van der Waals surface area contributed by atoms with Gasteiger partial charge in [0.25, 0.3) is 5.56 Å². The second-order valence-corrected chi connectivity index (χ2v) is 8.35. The molecule has 1 amide bonds. The zero-order valence-electron chi connectivity index (χ0n) is 16.1. The third-order valence-corrected chi connectivity index (χ3v) is 5.86. The highest BCUT2D eigenvalue weighted by atomic mass is 35.5. The van der Waals surface area contributed by atoms with E-state index < -0.39 is 11.5 Å². The summed E-state index contributed by atoms with van der Waals surface area (Å²) in [6.45, 7) is 3.35. The SMILES string of the molecule is Cc1nc2c(=O)n(CC(=O)Nc3ccc(C)c(Cl)c3)nc(-c3ccc(F)cc3)c2s1. The van der Waals surface area contributed by atoms with E-state index in [4.69, 9.17) is 11.6 Å². The molecule has 6 nitrogen and oxygen atoms in total. The van der Waals surface area contributed by atoms with Gasteiger partial charge in [-0.05, 0) is 55.8 Å². The van der Waals surface area contributed by atoms with Crippen LogP contribution in [0.1, 0.15) is 10.6 Å². The number of benzene rings is 2. The number of rotatable bonds is 4. The van der Waals surface area contributed by atoms with Crippen molar-refractivity contribution in [3.8, 4) is 11.3 Å². The number of nitrogens with one attached hydrogen (secondary N) is 1. The quantitative estimate of drug-likeness (QED) is 0.502. The van der Waals surface area contributed by atoms with Gasteiger partial charge in [0.2, 0.25) is 5.91 Å². The molecule has 0 saturated heterocycles. The molecule has 2 aromatic heterocycles. The molecular weight excluding hydrogens is 427 g/mol. The molecule has 2 heterocycles. The van der Waals surface area contributed by atoms with Crippen LogP contribution in [0.3, 0.4) is 0 Å². The minimum absolute atomic E-state index is 0.234. The van der Waals surface area contributed by atoms with Crippen molar-refractivity contribution in [1.29, 1.82) is 0 Å². The lowest BCUT2D eigenvalue weighted by atomic mass is 10.1. The molecular formula is C21H16ClFN4O2S. The van der Waals surface area contributed by atoms with Crippen molar-refractivity contribution in [2.75, 3.05) is 5.32 Å². The van der Waals surface area contributed by atoms with Crippen molar-refractivity contribution >= 4 is 44.7 Å². The monoisotopic (exact) mass is 442 g/mol. The van der Waals surface area contributed by atoms with Gasteiger partial charge in [-0.25, -0.2) is 14.1 Å². The Morgan fingerprint density at radius 1 is 1.20 bits per heavy atom. The number of halogens is 2. The molecule has 0 spiro atoms. The molecule has 1 N–H and O–H groups in total. The summed E-state index contributed by atoms with van der Waals surface area (Å²) in [7, 11) is 0. The van der Waals surface area contributed by atoms with E-state index in [0.717, 1.165) is 10.2 Å². The van der Waals surface area contributed by atoms with Crippen LogP contribution in [0.15, 0.2) is 47.3 Å². The minimum atomic E-state index is -0.461. The number of nitrogens with zero attached hydrogens (tertiary/aromatic N) is 3. The number of carbonyl (C=O) groups is 1. The molecule has 152 valence electrons. The van der Waals surface area contributed by atoms with Crippen molar-refractivity contribution in [1.82, 2.24) is 14.8 Å². The largest absolute Gasteiger partial charge is 0.324 e. The first-order chi connectivity index (χ1) is 14.3. The van der Waals surface area contributed by atoms with Crippen LogP contribution < -0.4 is 10.9 Å². The summed E-state index contributed by atoms with van der Waals surface area (Å²) in [5.41, 5.74) is 2.29. The van der Waals surface area contributed by atoms with Gasteiger partial charge < -0.3 is 5.32 Å². The van der Waals surface area contributed by atoms with E-state index in [1.54, 1.807) is 37.3 Å². The summed E-state index contributed by atoms with van der Waals surface area (Å²) in [5, 5.41) is 8.33. The highest BCUT2D eigenvalue weighted by Gasteiger charge is 2.18. The summed E-state index contributed by atoms with van der Waals surface area (Å²) in [4.78, 5) is 29.7. The minimum Gasteiger partial charge on any atom is -0.324 e. The highest BCUT2D eigenvalue weighted by Crippen LogP contribution is 2.29. The molecule has 0 fully saturated rings. The second kappa shape index (κ2) is 7.97. The normalized spacial score (nSPS) is 11.1. The molecule has 0 aliphatic carbocycles. The Morgan fingerprint density at radius 3 is 2.63 bits per heavy atom. The summed E-state index contributed by atoms with van der Waals surface area (Å²) in [5.74, 6) is -0.805. The lowest BCUT2D eigenvalue weighted by Crippen LogP contribution is -2.30. The summed E-state index contributed by atoms with van der Waals surface area (Å²) in [6, 6.07) is 11.0. The van der Waals surface area contributed by atoms with Crippen molar-refractivity contribution in [2.24, 2.45) is 0 Å². The van der Waals surface area contributed by atoms with E-state index in [2.05, 4.69) is 15.4 Å². The molecule has 9 heteroatoms. The zero-order valence-corrected chi connectivity index (χ0v) is 17.6. The highest BCUT2D eigenvalue weighted by molar-refractivity contribution is 7.19. The standard InChI is InChI=1S/C21H16ClFN4O2S/c1-11-3-8-15(9-16(11)22)25-17(28)10-27-21(29)19-20(30-12(2)24-19)18(26-27)13-4-6-14(23)7-5-13/h3-9H,10H2,1-2H3,(H,25,28). The molecule has 0 radical (unpaired) electrons. The van der Waals surface area contributed by atoms with Crippen LogP contribution in [0, 0.1) is 19.7 Å². The van der Waals surface area contributed by atoms with Crippen LogP contribution in [-0.4, -0.2) is 20.7 Å². The van der Waals surface area contributed by atoms with E-state index in [-0.39, 0.29) is 17.9 Å². The van der Waals surface area contributed by atoms with Gasteiger partial charge in [0.1, 0.15) is 18.1 Å². The maximum Gasteiger partial charge on any atom is 0.294 e. The Bertz CT molecular complexity index is 1330. The molecule has 30 heavy (non-hydrogen) atoms. The maximum absolute atomic E-state index is 13.3. The fraction of sp³-hybridized carbons (Fsp3) is 0.143. The van der Waals surface area contributed by atoms with Crippen molar-refractivity contribution < 1.29 is 9.18 Å². The van der Waals surface area contributed by atoms with Crippen molar-refractivity contribution in [3.05, 3.63) is 74.2 Å². The lowest BCUT2D eigenvalue weighted by Gasteiger charge is -2.10. The van der Waals surface area contributed by atoms with Crippen LogP contribution in [0.2, 0.25) is 5.02 Å². The Balaban J connectivity index is 1.72. The summed E-state index contributed by atoms with van der Waals surface area (Å²) >= 11 is 7.43. The molecule has 0 aliphatic rings. The van der Waals surface area contributed by atoms with Gasteiger partial charge in [0.05, 0.1) is 9.71 Å². The maximum atomic E-state index is 13.3. The van der Waals surface area contributed by atoms with E-state index >= 15 is 0 Å². The van der Waals surface area contributed by atoms with Crippen LogP contribution in [-0.2, 0) is 11.3 Å². The number of aromatic nitrogens is 3. The lowest BCUT2D eigenvalue weighted by molar-refractivity contribution is -0.117. The second-order valence-electron chi connectivity index (χ2n) is 6.74. The van der Waals surface area contributed by atoms with Gasteiger partial charge in [0, 0.05) is 16.3 Å².